The first-order valence-electron chi connectivity index (χ1n) is 9.83. The van der Waals surface area contributed by atoms with Crippen molar-refractivity contribution < 1.29 is 89.4 Å². The number of aliphatic hydroxyl groups is 1. The van der Waals surface area contributed by atoms with E-state index < -0.39 is 104 Å². The van der Waals surface area contributed by atoms with Crippen LogP contribution in [0, 0.1) is 0 Å². The molecule has 0 aliphatic rings. The highest BCUT2D eigenvalue weighted by Gasteiger charge is 2.69. The molecular formula is C19H12F14O6S. The average molecular weight is 634 g/mol. The number of ether oxygens (including phenoxy) is 1. The monoisotopic (exact) mass is 634 g/mol. The maximum Gasteiger partial charge on any atom is 0.458 e. The van der Waals surface area contributed by atoms with Gasteiger partial charge in [0.1, 0.15) is 10.6 Å². The molecule has 0 heterocycles. The van der Waals surface area contributed by atoms with Gasteiger partial charge in [-0.05, 0) is 29.1 Å². The fourth-order valence-electron chi connectivity index (χ4n) is 3.46. The first kappa shape index (κ1) is 33.6. The van der Waals surface area contributed by atoms with Crippen molar-refractivity contribution >= 4 is 20.9 Å². The summed E-state index contributed by atoms with van der Waals surface area (Å²) in [6.07, 6.45) is -27.6. The van der Waals surface area contributed by atoms with Crippen LogP contribution in [0.25, 0.3) is 10.8 Å². The molecule has 0 amide bonds. The Bertz CT molecular complexity index is 1360. The third-order valence-electron chi connectivity index (χ3n) is 5.32. The van der Waals surface area contributed by atoms with Gasteiger partial charge < -0.3 is 14.9 Å². The molecule has 0 fully saturated rings. The molecule has 2 rings (SSSR count). The van der Waals surface area contributed by atoms with E-state index >= 15 is 0 Å². The molecule has 0 radical (unpaired) electrons. The van der Waals surface area contributed by atoms with Crippen molar-refractivity contribution in [3.05, 3.63) is 34.9 Å². The summed E-state index contributed by atoms with van der Waals surface area (Å²) in [5.74, 6) is -7.61. The van der Waals surface area contributed by atoms with Gasteiger partial charge in [-0.3, -0.25) is 4.55 Å². The molecule has 2 aromatic rings. The minimum atomic E-state index is -6.50. The van der Waals surface area contributed by atoms with Gasteiger partial charge in [-0.2, -0.15) is 69.9 Å². The van der Waals surface area contributed by atoms with Crippen LogP contribution in [0.3, 0.4) is 0 Å². The highest BCUT2D eigenvalue weighted by Crippen LogP contribution is 2.50. The number of benzene rings is 2. The number of alkyl halides is 14. The molecule has 21 heteroatoms. The van der Waals surface area contributed by atoms with E-state index in [4.69, 9.17) is 5.11 Å². The molecule has 0 saturated heterocycles. The van der Waals surface area contributed by atoms with Crippen molar-refractivity contribution in [1.29, 1.82) is 0 Å². The second kappa shape index (κ2) is 10.0. The predicted molar refractivity (Wildman–Crippen MR) is 102 cm³/mol. The Balaban J connectivity index is 2.82. The summed E-state index contributed by atoms with van der Waals surface area (Å²) < 4.78 is 223. The van der Waals surface area contributed by atoms with Gasteiger partial charge in [0, 0.05) is 17.4 Å². The SMILES string of the molecule is O=S(=O)(O)c1c(C(F)(F)F)c(COCCC(O)(C(F)(F)F)C(F)(F)F)cc2c(C(F)(F)C(F)(F)F)cc(O)cc12. The van der Waals surface area contributed by atoms with Crippen LogP contribution in [0.1, 0.15) is 23.1 Å². The molecule has 0 atom stereocenters. The van der Waals surface area contributed by atoms with Crippen molar-refractivity contribution in [2.24, 2.45) is 0 Å². The zero-order chi connectivity index (χ0) is 31.5. The number of hydrogen-bond acceptors (Lipinski definition) is 5. The van der Waals surface area contributed by atoms with E-state index in [0.29, 0.717) is 0 Å². The van der Waals surface area contributed by atoms with Crippen LogP contribution in [0.4, 0.5) is 61.5 Å². The quantitative estimate of drug-likeness (QED) is 0.190. The first-order chi connectivity index (χ1) is 17.6. The Kier molecular flexibility index (Phi) is 8.40. The summed E-state index contributed by atoms with van der Waals surface area (Å²) in [5.41, 5.74) is -12.0. The average Bonchev–Trinajstić information content (AvgIpc) is 2.71. The van der Waals surface area contributed by atoms with Crippen LogP contribution in [0.2, 0.25) is 0 Å². The Hall–Kier alpha value is -2.65. The lowest BCUT2D eigenvalue weighted by molar-refractivity contribution is -0.371. The third-order valence-corrected chi connectivity index (χ3v) is 6.26. The van der Waals surface area contributed by atoms with E-state index in [1.807, 2.05) is 0 Å². The fraction of sp³-hybridized carbons (Fsp3) is 0.474. The molecule has 228 valence electrons. The number of aromatic hydroxyl groups is 1. The highest BCUT2D eigenvalue weighted by molar-refractivity contribution is 7.86. The Labute approximate surface area is 212 Å². The van der Waals surface area contributed by atoms with Crippen molar-refractivity contribution in [3.63, 3.8) is 0 Å². The van der Waals surface area contributed by atoms with Gasteiger partial charge in [0.2, 0.25) is 0 Å². The molecule has 40 heavy (non-hydrogen) atoms. The number of phenols is 1. The van der Waals surface area contributed by atoms with Crippen molar-refractivity contribution in [2.45, 2.75) is 54.2 Å². The lowest BCUT2D eigenvalue weighted by atomic mass is 9.93. The fourth-order valence-corrected chi connectivity index (χ4v) is 4.41. The van der Waals surface area contributed by atoms with E-state index in [1.165, 1.54) is 0 Å². The molecule has 0 saturated carbocycles. The van der Waals surface area contributed by atoms with Crippen LogP contribution in [0.5, 0.6) is 5.75 Å². The molecule has 0 spiro atoms. The summed E-state index contributed by atoms with van der Waals surface area (Å²) in [6, 6.07) is -0.531. The lowest BCUT2D eigenvalue weighted by Gasteiger charge is -2.32. The van der Waals surface area contributed by atoms with Crippen LogP contribution in [0.15, 0.2) is 23.1 Å². The van der Waals surface area contributed by atoms with Crippen LogP contribution in [-0.4, -0.2) is 53.9 Å². The predicted octanol–water partition coefficient (Wildman–Crippen LogP) is 6.23. The number of fused-ring (bicyclic) bond motifs is 1. The third kappa shape index (κ3) is 6.15. The molecule has 2 aromatic carbocycles. The number of phenolic OH excluding ortho intramolecular Hbond substituents is 1. The second-order valence-electron chi connectivity index (χ2n) is 8.03. The van der Waals surface area contributed by atoms with Gasteiger partial charge in [-0.25, -0.2) is 0 Å². The summed E-state index contributed by atoms with van der Waals surface area (Å²) >= 11 is 0. The van der Waals surface area contributed by atoms with Crippen molar-refractivity contribution in [3.8, 4) is 5.75 Å². The standard InChI is InChI=1S/C19H12F14O6S/c20-15(21,19(31,32)33)11-5-8(34)4-10-9(11)3-7(12(16(22,23)24)13(10)40(36,37)38)6-39-2-1-14(35,17(25,26)27)18(28,29)30/h3-5,34-35H,1-2,6H2,(H,36,37,38). The summed E-state index contributed by atoms with van der Waals surface area (Å²) in [5, 5.41) is 15.2. The molecule has 0 aliphatic heterocycles. The topological polar surface area (TPSA) is 104 Å². The second-order valence-corrected chi connectivity index (χ2v) is 9.39. The highest BCUT2D eigenvalue weighted by atomic mass is 32.2. The van der Waals surface area contributed by atoms with Crippen molar-refractivity contribution in [1.82, 2.24) is 0 Å². The van der Waals surface area contributed by atoms with Crippen molar-refractivity contribution in [2.75, 3.05) is 6.61 Å². The van der Waals surface area contributed by atoms with Gasteiger partial charge in [0.05, 0.1) is 18.8 Å². The van der Waals surface area contributed by atoms with E-state index in [0.717, 1.165) is 0 Å². The molecular weight excluding hydrogens is 622 g/mol. The zero-order valence-electron chi connectivity index (χ0n) is 18.6. The molecule has 6 nitrogen and oxygen atoms in total. The van der Waals surface area contributed by atoms with Crippen LogP contribution < -0.4 is 0 Å². The zero-order valence-corrected chi connectivity index (χ0v) is 19.4. The van der Waals surface area contributed by atoms with Crippen LogP contribution >= 0.6 is 0 Å². The smallest absolute Gasteiger partial charge is 0.458 e. The molecule has 3 N–H and O–H groups in total. The lowest BCUT2D eigenvalue weighted by Crippen LogP contribution is -2.57. The van der Waals surface area contributed by atoms with Gasteiger partial charge in [0.15, 0.2) is 0 Å². The van der Waals surface area contributed by atoms with E-state index in [9.17, 15) is 79.5 Å². The Morgan fingerprint density at radius 3 is 1.65 bits per heavy atom. The summed E-state index contributed by atoms with van der Waals surface area (Å²) in [6.45, 7) is -3.75. The summed E-state index contributed by atoms with van der Waals surface area (Å²) in [7, 11) is -6.22. The Morgan fingerprint density at radius 2 is 1.25 bits per heavy atom. The minimum absolute atomic E-state index is 0.0267. The van der Waals surface area contributed by atoms with Gasteiger partial charge in [-0.15, -0.1) is 0 Å². The maximum absolute atomic E-state index is 14.2. The van der Waals surface area contributed by atoms with E-state index in [-0.39, 0.29) is 18.2 Å². The largest absolute Gasteiger partial charge is 0.508 e. The molecule has 0 aromatic heterocycles. The van der Waals surface area contributed by atoms with Gasteiger partial charge in [0.25, 0.3) is 15.7 Å². The normalized spacial score (nSPS) is 14.7. The maximum atomic E-state index is 14.2. The van der Waals surface area contributed by atoms with E-state index in [1.54, 1.807) is 0 Å². The first-order valence-corrected chi connectivity index (χ1v) is 11.3. The summed E-state index contributed by atoms with van der Waals surface area (Å²) in [4.78, 5) is -2.38. The number of halogens is 14. The van der Waals surface area contributed by atoms with E-state index in [2.05, 4.69) is 4.74 Å². The molecule has 0 unspecified atom stereocenters. The number of rotatable bonds is 7. The van der Waals surface area contributed by atoms with Gasteiger partial charge >= 0.3 is 30.6 Å². The number of hydrogen-bond donors (Lipinski definition) is 3. The molecule has 0 aliphatic carbocycles. The Morgan fingerprint density at radius 1 is 0.750 bits per heavy atom. The van der Waals surface area contributed by atoms with Gasteiger partial charge in [-0.1, -0.05) is 0 Å². The van der Waals surface area contributed by atoms with Crippen LogP contribution in [-0.2, 0) is 33.6 Å². The minimum Gasteiger partial charge on any atom is -0.508 e. The molecule has 0 bridgehead atoms.